The maximum absolute atomic E-state index is 12.3. The molecule has 0 fully saturated rings. The van der Waals surface area contributed by atoms with Crippen molar-refractivity contribution in [3.05, 3.63) is 89.5 Å². The zero-order chi connectivity index (χ0) is 22.6. The number of alkyl halides is 3. The lowest BCUT2D eigenvalue weighted by Gasteiger charge is -2.20. The molecule has 0 aromatic heterocycles. The Labute approximate surface area is 176 Å². The monoisotopic (exact) mass is 428 g/mol. The van der Waals surface area contributed by atoms with Crippen LogP contribution in [0.3, 0.4) is 0 Å². The van der Waals surface area contributed by atoms with Crippen LogP contribution in [0.1, 0.15) is 40.2 Å². The Morgan fingerprint density at radius 1 is 0.935 bits per heavy atom. The molecule has 0 heterocycles. The van der Waals surface area contributed by atoms with Crippen LogP contribution in [-0.2, 0) is 4.79 Å². The number of aldehydes is 1. The Balaban J connectivity index is 1.84. The molecule has 0 aliphatic rings. The van der Waals surface area contributed by atoms with Crippen LogP contribution < -0.4 is 4.74 Å². The van der Waals surface area contributed by atoms with E-state index in [0.717, 1.165) is 23.0 Å². The lowest BCUT2D eigenvalue weighted by Crippen LogP contribution is -2.16. The van der Waals surface area contributed by atoms with E-state index >= 15 is 0 Å². The van der Waals surface area contributed by atoms with Gasteiger partial charge in [-0.25, -0.2) is 4.79 Å². The molecule has 0 amide bonds. The van der Waals surface area contributed by atoms with Gasteiger partial charge < -0.3 is 14.6 Å². The number of ether oxygens (including phenoxy) is 1. The third-order valence-electron chi connectivity index (χ3n) is 5.06. The molecule has 1 N–H and O–H groups in total. The van der Waals surface area contributed by atoms with Crippen molar-refractivity contribution in [2.75, 3.05) is 0 Å². The number of aromatic carboxylic acids is 1. The molecule has 31 heavy (non-hydrogen) atoms. The standard InChI is InChI=1S/C24H19F3O4/c1-15(16-5-7-18(8-6-16)23(29)30)22(14-28)20-4-2-3-19(13-20)17-9-11-21(12-10-17)31-24(25,26)27/h2-15,22H,1H3,(H,29,30). The van der Waals surface area contributed by atoms with Crippen molar-refractivity contribution >= 4 is 12.3 Å². The molecule has 0 saturated heterocycles. The van der Waals surface area contributed by atoms with Gasteiger partial charge in [-0.1, -0.05) is 55.5 Å². The highest BCUT2D eigenvalue weighted by Gasteiger charge is 2.31. The molecular formula is C24H19F3O4. The Bertz CT molecular complexity index is 1060. The van der Waals surface area contributed by atoms with Gasteiger partial charge in [-0.05, 0) is 52.4 Å². The number of benzene rings is 3. The summed E-state index contributed by atoms with van der Waals surface area (Å²) in [5.74, 6) is -2.02. The molecular weight excluding hydrogens is 409 g/mol. The van der Waals surface area contributed by atoms with Crippen LogP contribution in [0.15, 0.2) is 72.8 Å². The summed E-state index contributed by atoms with van der Waals surface area (Å²) in [5, 5.41) is 9.04. The molecule has 3 rings (SSSR count). The van der Waals surface area contributed by atoms with Gasteiger partial charge in [-0.2, -0.15) is 0 Å². The first-order valence-electron chi connectivity index (χ1n) is 9.42. The van der Waals surface area contributed by atoms with Crippen molar-refractivity contribution in [1.82, 2.24) is 0 Å². The van der Waals surface area contributed by atoms with Gasteiger partial charge in [0.1, 0.15) is 12.0 Å². The van der Waals surface area contributed by atoms with Gasteiger partial charge in [0.2, 0.25) is 0 Å². The molecule has 0 bridgehead atoms. The molecule has 2 unspecified atom stereocenters. The number of carbonyl (C=O) groups excluding carboxylic acids is 1. The average molecular weight is 428 g/mol. The number of carboxylic acids is 1. The largest absolute Gasteiger partial charge is 0.573 e. The van der Waals surface area contributed by atoms with Gasteiger partial charge in [-0.3, -0.25) is 0 Å². The van der Waals surface area contributed by atoms with E-state index in [9.17, 15) is 22.8 Å². The second-order valence-electron chi connectivity index (χ2n) is 7.08. The Morgan fingerprint density at radius 2 is 1.58 bits per heavy atom. The number of carboxylic acid groups (broad SMARTS) is 1. The first-order valence-corrected chi connectivity index (χ1v) is 9.42. The summed E-state index contributed by atoms with van der Waals surface area (Å²) in [4.78, 5) is 22.9. The number of rotatable bonds is 7. The van der Waals surface area contributed by atoms with Crippen molar-refractivity contribution in [2.45, 2.75) is 25.1 Å². The predicted molar refractivity (Wildman–Crippen MR) is 109 cm³/mol. The van der Waals surface area contributed by atoms with E-state index in [4.69, 9.17) is 5.11 Å². The molecule has 7 heteroatoms. The van der Waals surface area contributed by atoms with Crippen molar-refractivity contribution in [1.29, 1.82) is 0 Å². The van der Waals surface area contributed by atoms with Crippen LogP contribution >= 0.6 is 0 Å². The summed E-state index contributed by atoms with van der Waals surface area (Å²) in [6, 6.07) is 19.1. The summed E-state index contributed by atoms with van der Waals surface area (Å²) in [7, 11) is 0. The van der Waals surface area contributed by atoms with Gasteiger partial charge in [0.05, 0.1) is 5.56 Å². The minimum Gasteiger partial charge on any atom is -0.478 e. The maximum Gasteiger partial charge on any atom is 0.573 e. The van der Waals surface area contributed by atoms with E-state index in [1.165, 1.54) is 36.4 Å². The summed E-state index contributed by atoms with van der Waals surface area (Å²) in [5.41, 5.74) is 3.16. The zero-order valence-corrected chi connectivity index (χ0v) is 16.5. The molecule has 4 nitrogen and oxygen atoms in total. The predicted octanol–water partition coefficient (Wildman–Crippen LogP) is 6.04. The average Bonchev–Trinajstić information content (AvgIpc) is 2.74. The number of halogens is 3. The topological polar surface area (TPSA) is 63.6 Å². The molecule has 0 radical (unpaired) electrons. The van der Waals surface area contributed by atoms with Gasteiger partial charge in [0.25, 0.3) is 0 Å². The van der Waals surface area contributed by atoms with E-state index in [-0.39, 0.29) is 17.2 Å². The highest BCUT2D eigenvalue weighted by molar-refractivity contribution is 5.87. The van der Waals surface area contributed by atoms with Crippen LogP contribution in [0.25, 0.3) is 11.1 Å². The van der Waals surface area contributed by atoms with Crippen LogP contribution in [0, 0.1) is 0 Å². The third-order valence-corrected chi connectivity index (χ3v) is 5.06. The highest BCUT2D eigenvalue weighted by atomic mass is 19.4. The fourth-order valence-electron chi connectivity index (χ4n) is 3.40. The quantitative estimate of drug-likeness (QED) is 0.466. The first-order chi connectivity index (χ1) is 14.7. The molecule has 0 saturated carbocycles. The van der Waals surface area contributed by atoms with Crippen LogP contribution in [0.5, 0.6) is 5.75 Å². The van der Waals surface area contributed by atoms with Crippen molar-refractivity contribution < 1.29 is 32.6 Å². The normalized spacial score (nSPS) is 13.3. The number of carbonyl (C=O) groups is 2. The van der Waals surface area contributed by atoms with Crippen LogP contribution in [0.2, 0.25) is 0 Å². The minimum absolute atomic E-state index is 0.165. The minimum atomic E-state index is -4.75. The molecule has 0 spiro atoms. The van der Waals surface area contributed by atoms with E-state index in [1.807, 2.05) is 19.1 Å². The van der Waals surface area contributed by atoms with Crippen LogP contribution in [0.4, 0.5) is 13.2 Å². The molecule has 3 aromatic carbocycles. The Morgan fingerprint density at radius 3 is 2.13 bits per heavy atom. The van der Waals surface area contributed by atoms with Gasteiger partial charge in [-0.15, -0.1) is 13.2 Å². The van der Waals surface area contributed by atoms with E-state index < -0.39 is 18.2 Å². The summed E-state index contributed by atoms with van der Waals surface area (Å²) < 4.78 is 40.9. The van der Waals surface area contributed by atoms with Crippen LogP contribution in [-0.4, -0.2) is 23.7 Å². The lowest BCUT2D eigenvalue weighted by molar-refractivity contribution is -0.274. The van der Waals surface area contributed by atoms with Gasteiger partial charge >= 0.3 is 12.3 Å². The van der Waals surface area contributed by atoms with Crippen molar-refractivity contribution in [3.63, 3.8) is 0 Å². The molecule has 0 aliphatic heterocycles. The smallest absolute Gasteiger partial charge is 0.478 e. The first kappa shape index (κ1) is 22.1. The lowest BCUT2D eigenvalue weighted by atomic mass is 9.82. The fourth-order valence-corrected chi connectivity index (χ4v) is 3.40. The van der Waals surface area contributed by atoms with E-state index in [1.54, 1.807) is 24.3 Å². The molecule has 0 aliphatic carbocycles. The molecule has 160 valence electrons. The van der Waals surface area contributed by atoms with E-state index in [0.29, 0.717) is 5.56 Å². The second-order valence-corrected chi connectivity index (χ2v) is 7.08. The van der Waals surface area contributed by atoms with E-state index in [2.05, 4.69) is 4.74 Å². The summed E-state index contributed by atoms with van der Waals surface area (Å²) in [6.45, 7) is 1.88. The number of hydrogen-bond acceptors (Lipinski definition) is 3. The summed E-state index contributed by atoms with van der Waals surface area (Å²) >= 11 is 0. The second kappa shape index (κ2) is 9.04. The SMILES string of the molecule is CC(c1ccc(C(=O)O)cc1)C(C=O)c1cccc(-c2ccc(OC(F)(F)F)cc2)c1. The fraction of sp³-hybridized carbons (Fsp3) is 0.167. The van der Waals surface area contributed by atoms with Crippen molar-refractivity contribution in [3.8, 4) is 16.9 Å². The Kier molecular flexibility index (Phi) is 6.44. The molecule has 2 atom stereocenters. The van der Waals surface area contributed by atoms with Crippen molar-refractivity contribution in [2.24, 2.45) is 0 Å². The third kappa shape index (κ3) is 5.51. The Hall–Kier alpha value is -3.61. The zero-order valence-electron chi connectivity index (χ0n) is 16.5. The highest BCUT2D eigenvalue weighted by Crippen LogP contribution is 2.34. The maximum atomic E-state index is 12.3. The van der Waals surface area contributed by atoms with Gasteiger partial charge in [0.15, 0.2) is 0 Å². The summed E-state index contributed by atoms with van der Waals surface area (Å²) in [6.07, 6.45) is -3.91. The van der Waals surface area contributed by atoms with Gasteiger partial charge in [0, 0.05) is 5.92 Å². The number of hydrogen-bond donors (Lipinski definition) is 1. The molecule has 3 aromatic rings.